The predicted octanol–water partition coefficient (Wildman–Crippen LogP) is 3.67. The van der Waals surface area contributed by atoms with Crippen LogP contribution in [-0.2, 0) is 13.0 Å². The Labute approximate surface area is 135 Å². The quantitative estimate of drug-likeness (QED) is 0.694. The fraction of sp³-hybridized carbons (Fsp3) is 0.357. The molecule has 1 aromatic heterocycles. The van der Waals surface area contributed by atoms with E-state index in [-0.39, 0.29) is 0 Å². The Hall–Kier alpha value is -0.850. The van der Waals surface area contributed by atoms with Crippen LogP contribution in [0, 0.1) is 0 Å². The molecule has 0 aliphatic rings. The van der Waals surface area contributed by atoms with Gasteiger partial charge in [0.05, 0.1) is 21.9 Å². The third-order valence-corrected chi connectivity index (χ3v) is 3.98. The van der Waals surface area contributed by atoms with Crippen LogP contribution in [-0.4, -0.2) is 23.1 Å². The zero-order valence-electron chi connectivity index (χ0n) is 11.2. The average Bonchev–Trinajstić information content (AvgIpc) is 2.92. The minimum Gasteiger partial charge on any atom is -0.492 e. The Balaban J connectivity index is 1.86. The van der Waals surface area contributed by atoms with Gasteiger partial charge < -0.3 is 15.0 Å². The van der Waals surface area contributed by atoms with Crippen molar-refractivity contribution in [1.82, 2.24) is 15.3 Å². The second-order valence-corrected chi connectivity index (χ2v) is 6.03. The second-order valence-electron chi connectivity index (χ2n) is 4.33. The van der Waals surface area contributed by atoms with Gasteiger partial charge in [0.1, 0.15) is 5.75 Å². The summed E-state index contributed by atoms with van der Waals surface area (Å²) in [6.07, 6.45) is 4.50. The highest BCUT2D eigenvalue weighted by Gasteiger charge is 2.08. The zero-order chi connectivity index (χ0) is 14.4. The van der Waals surface area contributed by atoms with Crippen LogP contribution < -0.4 is 10.1 Å². The largest absolute Gasteiger partial charge is 0.492 e. The first-order valence-corrected chi connectivity index (χ1v) is 8.08. The van der Waals surface area contributed by atoms with Gasteiger partial charge in [0, 0.05) is 31.4 Å². The first-order chi connectivity index (χ1) is 9.70. The minimum atomic E-state index is 0.652. The second kappa shape index (κ2) is 7.81. The maximum Gasteiger partial charge on any atom is 0.147 e. The third-order valence-electron chi connectivity index (χ3n) is 2.80. The summed E-state index contributed by atoms with van der Waals surface area (Å²) < 4.78 is 7.51. The number of H-pyrrole nitrogens is 1. The van der Waals surface area contributed by atoms with Crippen LogP contribution in [0.15, 0.2) is 33.6 Å². The standard InChI is InChI=1S/C14H17Br2N3O/c1-2-20-14-12(15)5-10(6-13(14)16)7-17-4-3-11-8-18-9-19-11/h5-6,8-9,17H,2-4,7H2,1H3,(H,18,19). The first kappa shape index (κ1) is 15.5. The summed E-state index contributed by atoms with van der Waals surface area (Å²) in [6.45, 7) is 4.35. The summed E-state index contributed by atoms with van der Waals surface area (Å²) in [5.74, 6) is 0.855. The smallest absolute Gasteiger partial charge is 0.147 e. The van der Waals surface area contributed by atoms with E-state index in [9.17, 15) is 0 Å². The normalized spacial score (nSPS) is 10.8. The van der Waals surface area contributed by atoms with Gasteiger partial charge in [-0.2, -0.15) is 0 Å². The van der Waals surface area contributed by atoms with Gasteiger partial charge >= 0.3 is 0 Å². The third kappa shape index (κ3) is 4.33. The van der Waals surface area contributed by atoms with E-state index in [1.807, 2.05) is 13.1 Å². The Kier molecular flexibility index (Phi) is 6.06. The maximum atomic E-state index is 5.57. The van der Waals surface area contributed by atoms with Crippen molar-refractivity contribution in [3.05, 3.63) is 44.9 Å². The van der Waals surface area contributed by atoms with E-state index in [0.29, 0.717) is 6.61 Å². The van der Waals surface area contributed by atoms with E-state index in [4.69, 9.17) is 4.74 Å². The van der Waals surface area contributed by atoms with Gasteiger partial charge in [0.2, 0.25) is 0 Å². The lowest BCUT2D eigenvalue weighted by atomic mass is 10.2. The molecule has 0 saturated carbocycles. The van der Waals surface area contributed by atoms with Gasteiger partial charge in [-0.3, -0.25) is 0 Å². The van der Waals surface area contributed by atoms with Crippen LogP contribution in [0.3, 0.4) is 0 Å². The summed E-state index contributed by atoms with van der Waals surface area (Å²) in [5.41, 5.74) is 2.35. The molecule has 0 spiro atoms. The molecule has 108 valence electrons. The number of benzene rings is 1. The highest BCUT2D eigenvalue weighted by Crippen LogP contribution is 2.34. The summed E-state index contributed by atoms with van der Waals surface area (Å²) in [7, 11) is 0. The SMILES string of the molecule is CCOc1c(Br)cc(CNCCc2cnc[nH]2)cc1Br. The average molecular weight is 403 g/mol. The number of nitrogens with one attached hydrogen (secondary N) is 2. The van der Waals surface area contributed by atoms with E-state index in [2.05, 4.69) is 59.3 Å². The molecule has 2 rings (SSSR count). The molecule has 0 aliphatic heterocycles. The molecule has 4 nitrogen and oxygen atoms in total. The van der Waals surface area contributed by atoms with E-state index in [1.165, 1.54) is 5.56 Å². The molecule has 6 heteroatoms. The molecular weight excluding hydrogens is 386 g/mol. The van der Waals surface area contributed by atoms with Crippen LogP contribution >= 0.6 is 31.9 Å². The fourth-order valence-electron chi connectivity index (χ4n) is 1.87. The molecule has 1 aromatic carbocycles. The fourth-order valence-corrected chi connectivity index (χ4v) is 3.38. The number of rotatable bonds is 7. The Morgan fingerprint density at radius 2 is 2.05 bits per heavy atom. The number of halogens is 2. The lowest BCUT2D eigenvalue weighted by Crippen LogP contribution is -2.16. The predicted molar refractivity (Wildman–Crippen MR) is 87.0 cm³/mol. The molecule has 0 amide bonds. The van der Waals surface area contributed by atoms with Gasteiger partial charge in [-0.25, -0.2) is 4.98 Å². The summed E-state index contributed by atoms with van der Waals surface area (Å²) in [5, 5.41) is 3.42. The Morgan fingerprint density at radius 1 is 1.30 bits per heavy atom. The van der Waals surface area contributed by atoms with Crippen LogP contribution in [0.2, 0.25) is 0 Å². The lowest BCUT2D eigenvalue weighted by Gasteiger charge is -2.11. The number of imidazole rings is 1. The Morgan fingerprint density at radius 3 is 2.65 bits per heavy atom. The van der Waals surface area contributed by atoms with Gasteiger partial charge in [-0.05, 0) is 56.5 Å². The van der Waals surface area contributed by atoms with Crippen LogP contribution in [0.25, 0.3) is 0 Å². The van der Waals surface area contributed by atoms with Gasteiger partial charge in [-0.1, -0.05) is 0 Å². The molecule has 0 atom stereocenters. The van der Waals surface area contributed by atoms with Crippen molar-refractivity contribution < 1.29 is 4.74 Å². The number of ether oxygens (including phenoxy) is 1. The van der Waals surface area contributed by atoms with E-state index in [0.717, 1.165) is 39.9 Å². The molecule has 1 heterocycles. The van der Waals surface area contributed by atoms with Crippen molar-refractivity contribution in [2.75, 3.05) is 13.2 Å². The lowest BCUT2D eigenvalue weighted by molar-refractivity contribution is 0.336. The first-order valence-electron chi connectivity index (χ1n) is 6.49. The van der Waals surface area contributed by atoms with Gasteiger partial charge in [0.15, 0.2) is 0 Å². The number of aromatic amines is 1. The van der Waals surface area contributed by atoms with Gasteiger partial charge in [0.25, 0.3) is 0 Å². The molecule has 0 unspecified atom stereocenters. The number of hydrogen-bond donors (Lipinski definition) is 2. The van der Waals surface area contributed by atoms with E-state index in [1.54, 1.807) is 6.33 Å². The monoisotopic (exact) mass is 401 g/mol. The van der Waals surface area contributed by atoms with Gasteiger partial charge in [-0.15, -0.1) is 0 Å². The minimum absolute atomic E-state index is 0.652. The van der Waals surface area contributed by atoms with Crippen LogP contribution in [0.4, 0.5) is 0 Å². The molecule has 20 heavy (non-hydrogen) atoms. The van der Waals surface area contributed by atoms with Crippen molar-refractivity contribution in [2.24, 2.45) is 0 Å². The molecule has 2 aromatic rings. The highest BCUT2D eigenvalue weighted by molar-refractivity contribution is 9.11. The van der Waals surface area contributed by atoms with E-state index < -0.39 is 0 Å². The zero-order valence-corrected chi connectivity index (χ0v) is 14.4. The van der Waals surface area contributed by atoms with Crippen molar-refractivity contribution in [1.29, 1.82) is 0 Å². The molecular formula is C14H17Br2N3O. The maximum absolute atomic E-state index is 5.57. The van der Waals surface area contributed by atoms with Crippen molar-refractivity contribution in [3.8, 4) is 5.75 Å². The summed E-state index contributed by atoms with van der Waals surface area (Å²) in [4.78, 5) is 7.09. The molecule has 0 radical (unpaired) electrons. The highest BCUT2D eigenvalue weighted by atomic mass is 79.9. The van der Waals surface area contributed by atoms with Crippen molar-refractivity contribution in [3.63, 3.8) is 0 Å². The number of nitrogens with zero attached hydrogens (tertiary/aromatic N) is 1. The molecule has 2 N–H and O–H groups in total. The summed E-state index contributed by atoms with van der Waals surface area (Å²) in [6, 6.07) is 4.16. The molecule has 0 bridgehead atoms. The van der Waals surface area contributed by atoms with Crippen LogP contribution in [0.1, 0.15) is 18.2 Å². The van der Waals surface area contributed by atoms with Crippen molar-refractivity contribution >= 4 is 31.9 Å². The molecule has 0 fully saturated rings. The Bertz CT molecular complexity index is 520. The molecule has 0 saturated heterocycles. The topological polar surface area (TPSA) is 49.9 Å². The number of aromatic nitrogens is 2. The summed E-state index contributed by atoms with van der Waals surface area (Å²) >= 11 is 7.09. The molecule has 0 aliphatic carbocycles. The van der Waals surface area contributed by atoms with Crippen LogP contribution in [0.5, 0.6) is 5.75 Å². The number of hydrogen-bond acceptors (Lipinski definition) is 3. The van der Waals surface area contributed by atoms with E-state index >= 15 is 0 Å². The van der Waals surface area contributed by atoms with Crippen molar-refractivity contribution in [2.45, 2.75) is 19.9 Å².